The molecule has 19 aromatic carbocycles. The molecule has 0 saturated carbocycles. The third-order valence-corrected chi connectivity index (χ3v) is 22.6. The van der Waals surface area contributed by atoms with Crippen molar-refractivity contribution in [1.29, 1.82) is 0 Å². The molecule has 0 amide bonds. The molecule has 0 atom stereocenters. The summed E-state index contributed by atoms with van der Waals surface area (Å²) in [5.41, 5.74) is 21.2. The fourth-order valence-electron chi connectivity index (χ4n) is 18.1. The Morgan fingerprint density at radius 1 is 0.163 bits per heavy atom. The third-order valence-electron chi connectivity index (χ3n) is 22.6. The van der Waals surface area contributed by atoms with Crippen LogP contribution in [0.15, 0.2) is 328 Å². The number of hydrogen-bond donors (Lipinski definition) is 0. The van der Waals surface area contributed by atoms with Crippen LogP contribution in [0.1, 0.15) is 49.9 Å². The molecular formula is C98H66. The van der Waals surface area contributed by atoms with E-state index in [4.69, 9.17) is 0 Å². The van der Waals surface area contributed by atoms with Crippen molar-refractivity contribution >= 4 is 118 Å². The van der Waals surface area contributed by atoms with E-state index < -0.39 is 0 Å². The van der Waals surface area contributed by atoms with Gasteiger partial charge in [0.2, 0.25) is 0 Å². The molecule has 0 N–H and O–H groups in total. The predicted molar refractivity (Wildman–Crippen MR) is 422 cm³/mol. The van der Waals surface area contributed by atoms with E-state index in [1.807, 2.05) is 0 Å². The Kier molecular flexibility index (Phi) is 12.2. The van der Waals surface area contributed by atoms with Crippen molar-refractivity contribution in [3.8, 4) is 66.8 Å². The van der Waals surface area contributed by atoms with Crippen LogP contribution < -0.4 is 0 Å². The lowest BCUT2D eigenvalue weighted by Gasteiger charge is -2.24. The molecule has 0 heteroatoms. The Morgan fingerprint density at radius 3 is 0.867 bits per heavy atom. The molecule has 2 aliphatic rings. The molecule has 0 saturated heterocycles. The molecule has 0 aliphatic heterocycles. The van der Waals surface area contributed by atoms with Crippen molar-refractivity contribution in [1.82, 2.24) is 0 Å². The van der Waals surface area contributed by atoms with E-state index in [0.29, 0.717) is 0 Å². The lowest BCUT2D eigenvalue weighted by Crippen LogP contribution is -2.15. The van der Waals surface area contributed by atoms with Crippen LogP contribution in [0, 0.1) is 0 Å². The fourth-order valence-corrected chi connectivity index (χ4v) is 18.1. The monoisotopic (exact) mass is 1240 g/mol. The highest BCUT2D eigenvalue weighted by Crippen LogP contribution is 2.57. The lowest BCUT2D eigenvalue weighted by molar-refractivity contribution is 0.661. The minimum atomic E-state index is -0.124. The number of benzene rings is 19. The Morgan fingerprint density at radius 2 is 0.439 bits per heavy atom. The van der Waals surface area contributed by atoms with Gasteiger partial charge >= 0.3 is 0 Å². The molecule has 0 aromatic heterocycles. The summed E-state index contributed by atoms with van der Waals surface area (Å²) in [6.45, 7) is 9.56. The molecule has 458 valence electrons. The summed E-state index contributed by atoms with van der Waals surface area (Å²) in [5.74, 6) is 0. The summed E-state index contributed by atoms with van der Waals surface area (Å²) in [6.07, 6.45) is 0. The standard InChI is InChI=1S/C51H34.C47H32/c1-51(2)46-28-27-34(30-45(46)49-38-17-7-5-15-36(38)37-16-6-12-22-43(37)50(49)51)48-41-20-10-8-18-39(41)47(40-19-9-11-21-42(40)48)33-26-25-32-24-23-31-13-3-4-14-35(31)44(32)29-33;1-47(2)43-24-23-34(27-41(43)42-25-31-12-3-4-13-32(31)28-44(42)47)46-38-17-9-7-15-36(38)45(37-16-8-10-18-39(37)46)33-22-21-30-20-19-29-11-5-6-14-35(29)40(30)26-33/h3-30H,1-2H3;3-28H,1-2H3. The summed E-state index contributed by atoms with van der Waals surface area (Å²) < 4.78 is 0. The zero-order valence-corrected chi connectivity index (χ0v) is 55.2. The lowest BCUT2D eigenvalue weighted by atomic mass is 9.79. The van der Waals surface area contributed by atoms with Gasteiger partial charge in [-0.25, -0.2) is 0 Å². The number of rotatable bonds is 4. The van der Waals surface area contributed by atoms with E-state index in [-0.39, 0.29) is 10.8 Å². The minimum Gasteiger partial charge on any atom is -0.0616 e. The van der Waals surface area contributed by atoms with Gasteiger partial charge in [0.25, 0.3) is 0 Å². The summed E-state index contributed by atoms with van der Waals surface area (Å²) >= 11 is 0. The molecule has 0 unspecified atom stereocenters. The first-order valence-electron chi connectivity index (χ1n) is 34.6. The number of hydrogen-bond acceptors (Lipinski definition) is 0. The van der Waals surface area contributed by atoms with Crippen molar-refractivity contribution in [2.75, 3.05) is 0 Å². The maximum atomic E-state index is 2.50. The largest absolute Gasteiger partial charge is 0.0616 e. The van der Waals surface area contributed by atoms with Crippen molar-refractivity contribution in [2.24, 2.45) is 0 Å². The van der Waals surface area contributed by atoms with Crippen LogP contribution in [0.3, 0.4) is 0 Å². The smallest absolute Gasteiger partial charge is 0.0165 e. The summed E-state index contributed by atoms with van der Waals surface area (Å²) in [5, 5.41) is 28.5. The highest BCUT2D eigenvalue weighted by atomic mass is 14.4. The molecule has 0 fully saturated rings. The molecule has 2 aliphatic carbocycles. The summed E-state index contributed by atoms with van der Waals surface area (Å²) in [7, 11) is 0. The molecular weight excluding hydrogens is 1180 g/mol. The van der Waals surface area contributed by atoms with E-state index in [1.165, 1.54) is 208 Å². The van der Waals surface area contributed by atoms with Gasteiger partial charge in [-0.1, -0.05) is 319 Å². The van der Waals surface area contributed by atoms with Crippen molar-refractivity contribution in [2.45, 2.75) is 38.5 Å². The SMILES string of the molecule is CC1(C)c2ccc(-c3c4ccccc4c(-c4ccc5ccc6ccccc6c5c4)c4ccccc34)cc2-c2c1c1ccccc1c1ccccc21.CC1(C)c2ccc(-c3c4ccccc4c(-c4ccc5ccc6ccccc6c5c4)c4ccccc34)cc2-c2cc3ccccc3cc21. The first kappa shape index (κ1) is 56.4. The second kappa shape index (κ2) is 21.3. The van der Waals surface area contributed by atoms with Crippen LogP contribution >= 0.6 is 0 Å². The second-order valence-corrected chi connectivity index (χ2v) is 28.5. The molecule has 0 nitrogen and oxygen atoms in total. The Labute approximate surface area is 570 Å². The molecule has 0 heterocycles. The molecule has 0 radical (unpaired) electrons. The Balaban J connectivity index is 0.000000133. The Bertz CT molecular complexity index is 6560. The van der Waals surface area contributed by atoms with Gasteiger partial charge < -0.3 is 0 Å². The topological polar surface area (TPSA) is 0 Å². The fraction of sp³-hybridized carbons (Fsp3) is 0.0612. The third kappa shape index (κ3) is 8.25. The van der Waals surface area contributed by atoms with Crippen molar-refractivity contribution < 1.29 is 0 Å². The van der Waals surface area contributed by atoms with Crippen LogP contribution in [-0.2, 0) is 10.8 Å². The summed E-state index contributed by atoms with van der Waals surface area (Å²) in [6, 6.07) is 123. The van der Waals surface area contributed by atoms with Gasteiger partial charge in [-0.15, -0.1) is 0 Å². The average molecular weight is 1240 g/mol. The van der Waals surface area contributed by atoms with Crippen LogP contribution in [0.4, 0.5) is 0 Å². The minimum absolute atomic E-state index is 0.0541. The Hall–Kier alpha value is -12.0. The van der Waals surface area contributed by atoms with E-state index in [0.717, 1.165) is 0 Å². The first-order chi connectivity index (χ1) is 48.1. The van der Waals surface area contributed by atoms with Gasteiger partial charge in [0.05, 0.1) is 0 Å². The average Bonchev–Trinajstić information content (AvgIpc) is 1.46. The van der Waals surface area contributed by atoms with Gasteiger partial charge in [0.1, 0.15) is 0 Å². The highest BCUT2D eigenvalue weighted by molar-refractivity contribution is 6.25. The number of fused-ring (bicyclic) bond motifs is 22. The predicted octanol–water partition coefficient (Wildman–Crippen LogP) is 27.3. The van der Waals surface area contributed by atoms with Gasteiger partial charge in [-0.2, -0.15) is 0 Å². The normalized spacial score (nSPS) is 13.5. The molecule has 19 aromatic rings. The molecule has 0 spiro atoms. The van der Waals surface area contributed by atoms with Gasteiger partial charge in [-0.05, 0) is 244 Å². The van der Waals surface area contributed by atoms with Crippen LogP contribution in [0.25, 0.3) is 185 Å². The van der Waals surface area contributed by atoms with E-state index in [9.17, 15) is 0 Å². The zero-order valence-electron chi connectivity index (χ0n) is 55.2. The van der Waals surface area contributed by atoms with E-state index in [1.54, 1.807) is 0 Å². The maximum Gasteiger partial charge on any atom is 0.0165 e. The summed E-state index contributed by atoms with van der Waals surface area (Å²) in [4.78, 5) is 0. The first-order valence-corrected chi connectivity index (χ1v) is 34.6. The second-order valence-electron chi connectivity index (χ2n) is 28.5. The molecule has 98 heavy (non-hydrogen) atoms. The van der Waals surface area contributed by atoms with Gasteiger partial charge in [0, 0.05) is 10.8 Å². The van der Waals surface area contributed by atoms with Gasteiger partial charge in [0.15, 0.2) is 0 Å². The molecule has 21 rings (SSSR count). The van der Waals surface area contributed by atoms with Gasteiger partial charge in [-0.3, -0.25) is 0 Å². The van der Waals surface area contributed by atoms with Crippen LogP contribution in [-0.4, -0.2) is 0 Å². The van der Waals surface area contributed by atoms with Crippen molar-refractivity contribution in [3.05, 3.63) is 350 Å². The maximum absolute atomic E-state index is 2.50. The van der Waals surface area contributed by atoms with E-state index in [2.05, 4.69) is 355 Å². The highest BCUT2D eigenvalue weighted by Gasteiger charge is 2.39. The van der Waals surface area contributed by atoms with Crippen molar-refractivity contribution in [3.63, 3.8) is 0 Å². The van der Waals surface area contributed by atoms with Crippen LogP contribution in [0.2, 0.25) is 0 Å². The quantitative estimate of drug-likeness (QED) is 0.122. The van der Waals surface area contributed by atoms with Crippen LogP contribution in [0.5, 0.6) is 0 Å². The molecule has 0 bridgehead atoms. The van der Waals surface area contributed by atoms with E-state index >= 15 is 0 Å². The zero-order chi connectivity index (χ0) is 65.1.